The van der Waals surface area contributed by atoms with E-state index >= 15 is 8.78 Å². The predicted octanol–water partition coefficient (Wildman–Crippen LogP) is 2.56. The van der Waals surface area contributed by atoms with Crippen LogP contribution in [-0.4, -0.2) is 45.4 Å². The molecule has 4 rings (SSSR count). The van der Waals surface area contributed by atoms with Crippen LogP contribution >= 0.6 is 0 Å². The van der Waals surface area contributed by atoms with Crippen molar-refractivity contribution in [3.05, 3.63) is 70.8 Å². The van der Waals surface area contributed by atoms with Crippen molar-refractivity contribution in [1.29, 1.82) is 0 Å². The Morgan fingerprint density at radius 1 is 1.18 bits per heavy atom. The summed E-state index contributed by atoms with van der Waals surface area (Å²) >= 11 is 0. The van der Waals surface area contributed by atoms with Crippen molar-refractivity contribution in [3.8, 4) is 0 Å². The Hall–Kier alpha value is -2.36. The fraction of sp³-hybridized carbons (Fsp3) is 0.458. The summed E-state index contributed by atoms with van der Waals surface area (Å²) in [5.74, 6) is -1.87. The average molecular weight is 479 g/mol. The van der Waals surface area contributed by atoms with Gasteiger partial charge in [-0.05, 0) is 55.0 Å². The molecule has 3 N–H and O–H groups in total. The molecule has 1 unspecified atom stereocenters. The number of sulfone groups is 1. The van der Waals surface area contributed by atoms with Crippen molar-refractivity contribution in [1.82, 2.24) is 5.32 Å². The van der Waals surface area contributed by atoms with Gasteiger partial charge in [-0.25, -0.2) is 17.2 Å². The molecule has 1 saturated heterocycles. The van der Waals surface area contributed by atoms with Crippen LogP contribution in [0.3, 0.4) is 0 Å². The van der Waals surface area contributed by atoms with Crippen LogP contribution in [0.4, 0.5) is 8.78 Å². The Bertz CT molecular complexity index is 1140. The van der Waals surface area contributed by atoms with E-state index in [2.05, 4.69) is 5.32 Å². The number of rotatable bonds is 8. The molecule has 2 aliphatic rings. The minimum absolute atomic E-state index is 0.0287. The van der Waals surface area contributed by atoms with Crippen molar-refractivity contribution < 1.29 is 26.7 Å². The molecule has 6 nitrogen and oxygen atoms in total. The van der Waals surface area contributed by atoms with E-state index in [4.69, 9.17) is 10.5 Å². The Balaban J connectivity index is 1.57. The minimum atomic E-state index is -3.66. The van der Waals surface area contributed by atoms with Gasteiger partial charge < -0.3 is 15.8 Å². The lowest BCUT2D eigenvalue weighted by Crippen LogP contribution is -2.53. The molecule has 2 fully saturated rings. The largest absolute Gasteiger partial charge is 0.371 e. The fourth-order valence-corrected chi connectivity index (χ4v) is 7.03. The standard InChI is InChI=1S/C24H28F2N2O4S/c1-15-21(33(30,31)22(12-28-15)16-5-3-2-4-6-16)10-17-9-20(26)18(11-19(17)25)24(7-8-24)14-32-13-23(27)29/h2-6,9,11,15,21-22,28H,7-8,10,12-14H2,1H3,(H2,27,29)/t15-,21?,22-/m0/s1. The normalized spacial score (nSPS) is 25.5. The van der Waals surface area contributed by atoms with Crippen LogP contribution in [0.25, 0.3) is 0 Å². The summed E-state index contributed by atoms with van der Waals surface area (Å²) in [5.41, 5.74) is 5.29. The quantitative estimate of drug-likeness (QED) is 0.608. The predicted molar refractivity (Wildman–Crippen MR) is 120 cm³/mol. The maximum absolute atomic E-state index is 15.1. The Morgan fingerprint density at radius 2 is 1.88 bits per heavy atom. The average Bonchev–Trinajstić information content (AvgIpc) is 3.54. The maximum Gasteiger partial charge on any atom is 0.243 e. The number of nitrogens with one attached hydrogen (secondary N) is 1. The highest BCUT2D eigenvalue weighted by atomic mass is 32.2. The molecular formula is C24H28F2N2O4S. The van der Waals surface area contributed by atoms with Crippen LogP contribution in [0.1, 0.15) is 41.7 Å². The molecule has 0 spiro atoms. The lowest BCUT2D eigenvalue weighted by molar-refractivity contribution is -0.122. The van der Waals surface area contributed by atoms with Gasteiger partial charge in [0.05, 0.1) is 17.1 Å². The van der Waals surface area contributed by atoms with Crippen molar-refractivity contribution in [2.24, 2.45) is 5.73 Å². The lowest BCUT2D eigenvalue weighted by atomic mass is 9.93. The van der Waals surface area contributed by atoms with Gasteiger partial charge in [-0.3, -0.25) is 4.79 Å². The smallest absolute Gasteiger partial charge is 0.243 e. The number of benzene rings is 2. The van der Waals surface area contributed by atoms with Gasteiger partial charge in [0, 0.05) is 18.0 Å². The second-order valence-electron chi connectivity index (χ2n) is 9.09. The van der Waals surface area contributed by atoms with E-state index in [1.807, 2.05) is 6.07 Å². The van der Waals surface area contributed by atoms with Gasteiger partial charge in [-0.1, -0.05) is 30.3 Å². The topological polar surface area (TPSA) is 98.5 Å². The monoisotopic (exact) mass is 478 g/mol. The molecule has 9 heteroatoms. The lowest BCUT2D eigenvalue weighted by Gasteiger charge is -2.35. The second kappa shape index (κ2) is 9.12. The first kappa shape index (κ1) is 23.8. The van der Waals surface area contributed by atoms with Crippen LogP contribution in [0.5, 0.6) is 0 Å². The molecule has 3 atom stereocenters. The van der Waals surface area contributed by atoms with Gasteiger partial charge in [0.15, 0.2) is 9.84 Å². The molecule has 1 saturated carbocycles. The highest BCUT2D eigenvalue weighted by molar-refractivity contribution is 7.92. The van der Waals surface area contributed by atoms with Gasteiger partial charge in [0.2, 0.25) is 5.91 Å². The molecule has 1 heterocycles. The Kier molecular flexibility index (Phi) is 6.57. The molecule has 0 radical (unpaired) electrons. The zero-order valence-electron chi connectivity index (χ0n) is 18.4. The summed E-state index contributed by atoms with van der Waals surface area (Å²) in [4.78, 5) is 10.9. The van der Waals surface area contributed by atoms with E-state index in [9.17, 15) is 13.2 Å². The highest BCUT2D eigenvalue weighted by Crippen LogP contribution is 2.49. The number of nitrogens with two attached hydrogens (primary N) is 1. The zero-order chi connectivity index (χ0) is 23.8. The van der Waals surface area contributed by atoms with E-state index in [0.717, 1.165) is 12.1 Å². The summed E-state index contributed by atoms with van der Waals surface area (Å²) in [6.45, 7) is 1.81. The van der Waals surface area contributed by atoms with Gasteiger partial charge in [-0.15, -0.1) is 0 Å². The molecule has 0 aromatic heterocycles. The molecule has 33 heavy (non-hydrogen) atoms. The molecule has 1 aliphatic heterocycles. The van der Waals surface area contributed by atoms with Gasteiger partial charge in [0.1, 0.15) is 18.2 Å². The third kappa shape index (κ3) is 4.81. The summed E-state index contributed by atoms with van der Waals surface area (Å²) < 4.78 is 62.3. The summed E-state index contributed by atoms with van der Waals surface area (Å²) in [6.07, 6.45) is 1.09. The number of hydrogen-bond acceptors (Lipinski definition) is 5. The first-order chi connectivity index (χ1) is 15.6. The fourth-order valence-electron chi connectivity index (χ4n) is 4.66. The SMILES string of the molecule is C[C@@H]1NC[C@@H](c2ccccc2)S(=O)(=O)C1Cc1cc(F)c(C2(COCC(N)=O)CC2)cc1F. The van der Waals surface area contributed by atoms with E-state index in [0.29, 0.717) is 18.4 Å². The molecule has 1 aliphatic carbocycles. The van der Waals surface area contributed by atoms with E-state index in [1.165, 1.54) is 0 Å². The summed E-state index contributed by atoms with van der Waals surface area (Å²) in [6, 6.07) is 10.8. The van der Waals surface area contributed by atoms with Crippen LogP contribution < -0.4 is 11.1 Å². The Morgan fingerprint density at radius 3 is 2.52 bits per heavy atom. The number of ether oxygens (including phenoxy) is 1. The molecule has 0 bridgehead atoms. The van der Waals surface area contributed by atoms with Gasteiger partial charge >= 0.3 is 0 Å². The first-order valence-electron chi connectivity index (χ1n) is 11.0. The number of primary amides is 1. The summed E-state index contributed by atoms with van der Waals surface area (Å²) in [7, 11) is -3.66. The highest BCUT2D eigenvalue weighted by Gasteiger charge is 2.47. The number of amides is 1. The van der Waals surface area contributed by atoms with Crippen LogP contribution in [0.2, 0.25) is 0 Å². The third-order valence-corrected chi connectivity index (χ3v) is 9.43. The van der Waals surface area contributed by atoms with Gasteiger partial charge in [0.25, 0.3) is 0 Å². The van der Waals surface area contributed by atoms with E-state index in [-0.39, 0.29) is 37.3 Å². The van der Waals surface area contributed by atoms with Crippen molar-refractivity contribution in [2.75, 3.05) is 19.8 Å². The van der Waals surface area contributed by atoms with E-state index in [1.54, 1.807) is 31.2 Å². The van der Waals surface area contributed by atoms with E-state index < -0.39 is 49.3 Å². The van der Waals surface area contributed by atoms with Crippen LogP contribution in [0.15, 0.2) is 42.5 Å². The Labute approximate surface area is 192 Å². The molecular weight excluding hydrogens is 450 g/mol. The zero-order valence-corrected chi connectivity index (χ0v) is 19.2. The number of hydrogen-bond donors (Lipinski definition) is 2. The number of carbonyl (C=O) groups is 1. The maximum atomic E-state index is 15.1. The molecule has 2 aromatic rings. The van der Waals surface area contributed by atoms with Crippen molar-refractivity contribution in [3.63, 3.8) is 0 Å². The van der Waals surface area contributed by atoms with Crippen LogP contribution in [0, 0.1) is 11.6 Å². The van der Waals surface area contributed by atoms with Crippen LogP contribution in [-0.2, 0) is 31.2 Å². The first-order valence-corrected chi connectivity index (χ1v) is 12.6. The third-order valence-electron chi connectivity index (χ3n) is 6.78. The summed E-state index contributed by atoms with van der Waals surface area (Å²) in [5, 5.41) is 1.57. The van der Waals surface area contributed by atoms with Crippen molar-refractivity contribution in [2.45, 2.75) is 48.1 Å². The van der Waals surface area contributed by atoms with Crippen molar-refractivity contribution >= 4 is 15.7 Å². The molecule has 2 aromatic carbocycles. The number of carbonyl (C=O) groups excluding carboxylic acids is 1. The van der Waals surface area contributed by atoms with Gasteiger partial charge in [-0.2, -0.15) is 0 Å². The molecule has 178 valence electrons. The number of halogens is 2. The molecule has 1 amide bonds. The minimum Gasteiger partial charge on any atom is -0.371 e. The second-order valence-corrected chi connectivity index (χ2v) is 11.4.